The number of nitrogens with zero attached hydrogens (tertiary/aromatic N) is 4. The van der Waals surface area contributed by atoms with Crippen LogP contribution >= 0.6 is 23.4 Å². The van der Waals surface area contributed by atoms with Crippen LogP contribution in [-0.2, 0) is 6.42 Å². The minimum absolute atomic E-state index is 0.526. The van der Waals surface area contributed by atoms with E-state index in [1.807, 2.05) is 6.07 Å². The van der Waals surface area contributed by atoms with Crippen molar-refractivity contribution in [3.63, 3.8) is 0 Å². The minimum atomic E-state index is 0.526. The number of halogens is 1. The van der Waals surface area contributed by atoms with E-state index in [2.05, 4.69) is 26.9 Å². The molecular formula is C11H11ClN4S. The highest BCUT2D eigenvalue weighted by molar-refractivity contribution is 7.99. The SMILES string of the molecule is CCCc1c(Cl)ncnc1Sc1ccncn1. The molecule has 0 saturated heterocycles. The lowest BCUT2D eigenvalue weighted by Gasteiger charge is -2.07. The average Bonchev–Trinajstić information content (AvgIpc) is 2.35. The second-order valence-corrected chi connectivity index (χ2v) is 4.71. The summed E-state index contributed by atoms with van der Waals surface area (Å²) >= 11 is 7.56. The maximum absolute atomic E-state index is 6.08. The van der Waals surface area contributed by atoms with Crippen LogP contribution in [0.3, 0.4) is 0 Å². The van der Waals surface area contributed by atoms with E-state index in [1.54, 1.807) is 6.20 Å². The Morgan fingerprint density at radius 2 is 2.12 bits per heavy atom. The van der Waals surface area contributed by atoms with E-state index < -0.39 is 0 Å². The molecule has 0 N–H and O–H groups in total. The second-order valence-electron chi connectivity index (χ2n) is 3.35. The van der Waals surface area contributed by atoms with Gasteiger partial charge in [0.05, 0.1) is 0 Å². The minimum Gasteiger partial charge on any atom is -0.245 e. The molecule has 4 nitrogen and oxygen atoms in total. The van der Waals surface area contributed by atoms with Gasteiger partial charge in [-0.3, -0.25) is 0 Å². The molecule has 0 amide bonds. The Hall–Kier alpha value is -1.20. The van der Waals surface area contributed by atoms with Gasteiger partial charge in [0.15, 0.2) is 0 Å². The number of hydrogen-bond donors (Lipinski definition) is 0. The van der Waals surface area contributed by atoms with Crippen LogP contribution in [0.25, 0.3) is 0 Å². The first-order valence-electron chi connectivity index (χ1n) is 5.24. The lowest BCUT2D eigenvalue weighted by molar-refractivity contribution is 0.854. The molecule has 0 bridgehead atoms. The van der Waals surface area contributed by atoms with Crippen LogP contribution in [0.1, 0.15) is 18.9 Å². The van der Waals surface area contributed by atoms with Crippen LogP contribution in [0.4, 0.5) is 0 Å². The molecule has 0 aliphatic heterocycles. The molecule has 6 heteroatoms. The zero-order valence-electron chi connectivity index (χ0n) is 9.30. The molecule has 0 atom stereocenters. The first kappa shape index (κ1) is 12.3. The average molecular weight is 267 g/mol. The van der Waals surface area contributed by atoms with Crippen LogP contribution in [0.2, 0.25) is 5.15 Å². The standard InChI is InChI=1S/C11H11ClN4S/c1-2-3-8-10(12)15-7-16-11(8)17-9-4-5-13-6-14-9/h4-7H,2-3H2,1H3. The summed E-state index contributed by atoms with van der Waals surface area (Å²) in [5.74, 6) is 0. The Labute approximate surface area is 109 Å². The molecule has 17 heavy (non-hydrogen) atoms. The zero-order chi connectivity index (χ0) is 12.1. The Bertz CT molecular complexity index is 492. The van der Waals surface area contributed by atoms with Crippen molar-refractivity contribution >= 4 is 23.4 Å². The van der Waals surface area contributed by atoms with Crippen molar-refractivity contribution in [1.82, 2.24) is 19.9 Å². The molecule has 0 spiro atoms. The molecule has 0 aromatic carbocycles. The quantitative estimate of drug-likeness (QED) is 0.796. The molecule has 0 saturated carbocycles. The summed E-state index contributed by atoms with van der Waals surface area (Å²) in [5.41, 5.74) is 0.986. The second kappa shape index (κ2) is 5.93. The van der Waals surface area contributed by atoms with Crippen molar-refractivity contribution in [1.29, 1.82) is 0 Å². The van der Waals surface area contributed by atoms with Crippen molar-refractivity contribution in [2.45, 2.75) is 29.8 Å². The smallest absolute Gasteiger partial charge is 0.136 e. The largest absolute Gasteiger partial charge is 0.245 e. The third-order valence-electron chi connectivity index (χ3n) is 2.11. The monoisotopic (exact) mass is 266 g/mol. The van der Waals surface area contributed by atoms with Crippen LogP contribution in [0.15, 0.2) is 35.0 Å². The Morgan fingerprint density at radius 3 is 2.82 bits per heavy atom. The van der Waals surface area contributed by atoms with E-state index in [9.17, 15) is 0 Å². The molecular weight excluding hydrogens is 256 g/mol. The molecule has 0 unspecified atom stereocenters. The fraction of sp³-hybridized carbons (Fsp3) is 0.273. The van der Waals surface area contributed by atoms with E-state index in [4.69, 9.17) is 11.6 Å². The number of rotatable bonds is 4. The predicted molar refractivity (Wildman–Crippen MR) is 67.2 cm³/mol. The first-order valence-corrected chi connectivity index (χ1v) is 6.44. The summed E-state index contributed by atoms with van der Waals surface area (Å²) in [6, 6.07) is 1.84. The summed E-state index contributed by atoms with van der Waals surface area (Å²) in [7, 11) is 0. The molecule has 0 aliphatic carbocycles. The van der Waals surface area contributed by atoms with Crippen LogP contribution in [-0.4, -0.2) is 19.9 Å². The molecule has 2 aromatic heterocycles. The van der Waals surface area contributed by atoms with Gasteiger partial charge in [-0.05, 0) is 24.2 Å². The normalized spacial score (nSPS) is 10.5. The molecule has 0 aliphatic rings. The fourth-order valence-electron chi connectivity index (χ4n) is 1.36. The third kappa shape index (κ3) is 3.14. The maximum atomic E-state index is 6.08. The van der Waals surface area contributed by atoms with Gasteiger partial charge < -0.3 is 0 Å². The molecule has 2 aromatic rings. The van der Waals surface area contributed by atoms with E-state index in [0.717, 1.165) is 28.5 Å². The predicted octanol–water partition coefficient (Wildman–Crippen LogP) is 3.02. The van der Waals surface area contributed by atoms with E-state index >= 15 is 0 Å². The zero-order valence-corrected chi connectivity index (χ0v) is 10.9. The summed E-state index contributed by atoms with van der Waals surface area (Å²) in [4.78, 5) is 16.3. The highest BCUT2D eigenvalue weighted by atomic mass is 35.5. The van der Waals surface area contributed by atoms with Gasteiger partial charge >= 0.3 is 0 Å². The van der Waals surface area contributed by atoms with Gasteiger partial charge in [0.2, 0.25) is 0 Å². The topological polar surface area (TPSA) is 51.6 Å². The third-order valence-corrected chi connectivity index (χ3v) is 3.43. The van der Waals surface area contributed by atoms with Crippen LogP contribution < -0.4 is 0 Å². The summed E-state index contributed by atoms with van der Waals surface area (Å²) in [6.45, 7) is 2.10. The first-order chi connectivity index (χ1) is 8.31. The summed E-state index contributed by atoms with van der Waals surface area (Å²) in [6.07, 6.45) is 6.57. The van der Waals surface area contributed by atoms with E-state index in [0.29, 0.717) is 5.15 Å². The van der Waals surface area contributed by atoms with Gasteiger partial charge in [0.25, 0.3) is 0 Å². The van der Waals surface area contributed by atoms with Crippen LogP contribution in [0, 0.1) is 0 Å². The van der Waals surface area contributed by atoms with Gasteiger partial charge in [-0.1, -0.05) is 24.9 Å². The Balaban J connectivity index is 2.29. The highest BCUT2D eigenvalue weighted by Crippen LogP contribution is 2.30. The molecule has 2 rings (SSSR count). The highest BCUT2D eigenvalue weighted by Gasteiger charge is 2.10. The molecule has 88 valence electrons. The van der Waals surface area contributed by atoms with Crippen molar-refractivity contribution in [2.75, 3.05) is 0 Å². The van der Waals surface area contributed by atoms with Gasteiger partial charge in [0.1, 0.15) is 27.9 Å². The number of aromatic nitrogens is 4. The van der Waals surface area contributed by atoms with Gasteiger partial charge in [-0.2, -0.15) is 0 Å². The molecule has 0 fully saturated rings. The summed E-state index contributed by atoms with van der Waals surface area (Å²) in [5, 5.41) is 2.25. The number of hydrogen-bond acceptors (Lipinski definition) is 5. The molecule has 2 heterocycles. The van der Waals surface area contributed by atoms with Crippen molar-refractivity contribution in [2.24, 2.45) is 0 Å². The van der Waals surface area contributed by atoms with Crippen molar-refractivity contribution < 1.29 is 0 Å². The van der Waals surface area contributed by atoms with Crippen molar-refractivity contribution in [3.05, 3.63) is 35.6 Å². The Kier molecular flexibility index (Phi) is 4.28. The summed E-state index contributed by atoms with van der Waals surface area (Å²) < 4.78 is 0. The van der Waals surface area contributed by atoms with Crippen molar-refractivity contribution in [3.8, 4) is 0 Å². The Morgan fingerprint density at radius 1 is 1.24 bits per heavy atom. The lowest BCUT2D eigenvalue weighted by atomic mass is 10.2. The molecule has 0 radical (unpaired) electrons. The van der Waals surface area contributed by atoms with Crippen LogP contribution in [0.5, 0.6) is 0 Å². The van der Waals surface area contributed by atoms with Gasteiger partial charge in [-0.25, -0.2) is 19.9 Å². The van der Waals surface area contributed by atoms with E-state index in [-0.39, 0.29) is 0 Å². The van der Waals surface area contributed by atoms with Gasteiger partial charge in [0, 0.05) is 11.8 Å². The van der Waals surface area contributed by atoms with E-state index in [1.165, 1.54) is 24.4 Å². The lowest BCUT2D eigenvalue weighted by Crippen LogP contribution is -1.95. The van der Waals surface area contributed by atoms with Gasteiger partial charge in [-0.15, -0.1) is 0 Å². The fourth-order valence-corrected chi connectivity index (χ4v) is 2.49. The maximum Gasteiger partial charge on any atom is 0.136 e.